The van der Waals surface area contributed by atoms with Crippen molar-refractivity contribution in [3.05, 3.63) is 5.82 Å². The molecule has 2 heterocycles. The first kappa shape index (κ1) is 12.8. The van der Waals surface area contributed by atoms with E-state index in [1.54, 1.807) is 0 Å². The first-order valence-corrected chi connectivity index (χ1v) is 7.79. The van der Waals surface area contributed by atoms with Crippen molar-refractivity contribution in [3.63, 3.8) is 0 Å². The minimum Gasteiger partial charge on any atom is -0.480 e. The van der Waals surface area contributed by atoms with Gasteiger partial charge < -0.3 is 10.0 Å². The van der Waals surface area contributed by atoms with E-state index in [2.05, 4.69) is 16.3 Å². The summed E-state index contributed by atoms with van der Waals surface area (Å²) >= 11 is 1.36. The fourth-order valence-corrected chi connectivity index (χ4v) is 3.55. The lowest BCUT2D eigenvalue weighted by molar-refractivity contribution is -0.139. The standard InChI is InChI=1S/C13H19N3O2S/c1-2-8-5-6-16(10(7-8)12(17)18)13-14-11(15-19-13)9-3-4-9/h8-10H,2-7H2,1H3,(H,17,18). The van der Waals surface area contributed by atoms with E-state index >= 15 is 0 Å². The molecule has 1 aromatic rings. The van der Waals surface area contributed by atoms with Crippen LogP contribution in [-0.2, 0) is 4.79 Å². The molecule has 2 fully saturated rings. The predicted molar refractivity (Wildman–Crippen MR) is 73.7 cm³/mol. The minimum absolute atomic E-state index is 0.432. The molecule has 1 N–H and O–H groups in total. The summed E-state index contributed by atoms with van der Waals surface area (Å²) in [4.78, 5) is 18.0. The summed E-state index contributed by atoms with van der Waals surface area (Å²) in [7, 11) is 0. The Labute approximate surface area is 116 Å². The molecule has 6 heteroatoms. The van der Waals surface area contributed by atoms with Gasteiger partial charge in [-0.15, -0.1) is 0 Å². The molecule has 5 nitrogen and oxygen atoms in total. The zero-order valence-corrected chi connectivity index (χ0v) is 11.9. The summed E-state index contributed by atoms with van der Waals surface area (Å²) < 4.78 is 4.38. The first-order valence-electron chi connectivity index (χ1n) is 7.02. The molecule has 3 rings (SSSR count). The zero-order valence-electron chi connectivity index (χ0n) is 11.1. The fraction of sp³-hybridized carbons (Fsp3) is 0.769. The number of rotatable bonds is 4. The monoisotopic (exact) mass is 281 g/mol. The number of hydrogen-bond donors (Lipinski definition) is 1. The summed E-state index contributed by atoms with van der Waals surface area (Å²) in [6.07, 6.45) is 5.19. The van der Waals surface area contributed by atoms with Crippen molar-refractivity contribution >= 4 is 22.6 Å². The number of carboxylic acids is 1. The Kier molecular flexibility index (Phi) is 3.43. The Morgan fingerprint density at radius 2 is 2.26 bits per heavy atom. The van der Waals surface area contributed by atoms with E-state index < -0.39 is 12.0 Å². The van der Waals surface area contributed by atoms with Crippen molar-refractivity contribution in [3.8, 4) is 0 Å². The molecule has 1 saturated carbocycles. The normalized spacial score (nSPS) is 27.5. The number of aromatic nitrogens is 2. The molecule has 1 aromatic heterocycles. The van der Waals surface area contributed by atoms with E-state index in [0.29, 0.717) is 11.8 Å². The van der Waals surface area contributed by atoms with Crippen LogP contribution in [0.25, 0.3) is 0 Å². The molecule has 0 bridgehead atoms. The largest absolute Gasteiger partial charge is 0.480 e. The van der Waals surface area contributed by atoms with Crippen LogP contribution in [0.15, 0.2) is 0 Å². The van der Waals surface area contributed by atoms with Gasteiger partial charge in [-0.05, 0) is 31.6 Å². The number of anilines is 1. The summed E-state index contributed by atoms with van der Waals surface area (Å²) in [5.41, 5.74) is 0. The molecule has 104 valence electrons. The van der Waals surface area contributed by atoms with Gasteiger partial charge in [0.1, 0.15) is 11.9 Å². The summed E-state index contributed by atoms with van der Waals surface area (Å²) in [5.74, 6) is 1.23. The van der Waals surface area contributed by atoms with Crippen molar-refractivity contribution < 1.29 is 9.90 Å². The second-order valence-corrected chi connectivity index (χ2v) is 6.29. The third-order valence-electron chi connectivity index (χ3n) is 4.19. The van der Waals surface area contributed by atoms with Crippen LogP contribution in [0.2, 0.25) is 0 Å². The number of aliphatic carboxylic acids is 1. The maximum absolute atomic E-state index is 11.5. The van der Waals surface area contributed by atoms with Crippen LogP contribution in [0.4, 0.5) is 5.13 Å². The van der Waals surface area contributed by atoms with E-state index in [-0.39, 0.29) is 0 Å². The van der Waals surface area contributed by atoms with Crippen LogP contribution >= 0.6 is 11.5 Å². The third-order valence-corrected chi connectivity index (χ3v) is 4.96. The topological polar surface area (TPSA) is 66.3 Å². The molecule has 19 heavy (non-hydrogen) atoms. The molecule has 2 unspecified atom stereocenters. The van der Waals surface area contributed by atoms with Gasteiger partial charge in [0.15, 0.2) is 0 Å². The lowest BCUT2D eigenvalue weighted by atomic mass is 9.89. The lowest BCUT2D eigenvalue weighted by Crippen LogP contribution is -2.47. The number of nitrogens with zero attached hydrogens (tertiary/aromatic N) is 3. The third kappa shape index (κ3) is 2.59. The molecule has 0 spiro atoms. The van der Waals surface area contributed by atoms with Gasteiger partial charge in [-0.2, -0.15) is 4.37 Å². The highest BCUT2D eigenvalue weighted by molar-refractivity contribution is 7.09. The summed E-state index contributed by atoms with van der Waals surface area (Å²) in [6, 6.07) is -0.432. The number of carboxylic acid groups (broad SMARTS) is 1. The van der Waals surface area contributed by atoms with Crippen molar-refractivity contribution in [2.75, 3.05) is 11.4 Å². The van der Waals surface area contributed by atoms with E-state index in [1.807, 2.05) is 4.90 Å². The number of hydrogen-bond acceptors (Lipinski definition) is 5. The van der Waals surface area contributed by atoms with Crippen LogP contribution in [0.5, 0.6) is 0 Å². The molecule has 0 radical (unpaired) electrons. The van der Waals surface area contributed by atoms with Crippen LogP contribution < -0.4 is 4.90 Å². The Morgan fingerprint density at radius 1 is 1.47 bits per heavy atom. The minimum atomic E-state index is -0.735. The van der Waals surface area contributed by atoms with Gasteiger partial charge in [0, 0.05) is 24.0 Å². The molecule has 0 amide bonds. The second kappa shape index (κ2) is 5.07. The van der Waals surface area contributed by atoms with Gasteiger partial charge in [0.25, 0.3) is 0 Å². The Bertz CT molecular complexity index is 472. The fourth-order valence-electron chi connectivity index (χ4n) is 2.72. The maximum atomic E-state index is 11.5. The Morgan fingerprint density at radius 3 is 2.89 bits per heavy atom. The molecular formula is C13H19N3O2S. The predicted octanol–water partition coefficient (Wildman–Crippen LogP) is 2.50. The van der Waals surface area contributed by atoms with Crippen molar-refractivity contribution in [1.82, 2.24) is 9.36 Å². The van der Waals surface area contributed by atoms with Gasteiger partial charge in [-0.3, -0.25) is 0 Å². The van der Waals surface area contributed by atoms with Crippen molar-refractivity contribution in [2.24, 2.45) is 5.92 Å². The van der Waals surface area contributed by atoms with Gasteiger partial charge in [0.05, 0.1) is 0 Å². The smallest absolute Gasteiger partial charge is 0.326 e. The van der Waals surface area contributed by atoms with Crippen LogP contribution in [0.3, 0.4) is 0 Å². The van der Waals surface area contributed by atoms with E-state index in [0.717, 1.165) is 36.8 Å². The maximum Gasteiger partial charge on any atom is 0.326 e. The molecule has 0 aromatic carbocycles. The lowest BCUT2D eigenvalue weighted by Gasteiger charge is -2.36. The first-order chi connectivity index (χ1) is 9.19. The molecule has 2 aliphatic rings. The highest BCUT2D eigenvalue weighted by Crippen LogP contribution is 2.40. The van der Waals surface area contributed by atoms with Crippen LogP contribution in [0.1, 0.15) is 50.8 Å². The molecule has 1 aliphatic carbocycles. The van der Waals surface area contributed by atoms with E-state index in [9.17, 15) is 9.90 Å². The van der Waals surface area contributed by atoms with Crippen LogP contribution in [0, 0.1) is 5.92 Å². The molecule has 1 aliphatic heterocycles. The van der Waals surface area contributed by atoms with Gasteiger partial charge in [-0.25, -0.2) is 9.78 Å². The van der Waals surface area contributed by atoms with Gasteiger partial charge >= 0.3 is 5.97 Å². The zero-order chi connectivity index (χ0) is 13.4. The Hall–Kier alpha value is -1.17. The number of piperidine rings is 1. The average Bonchev–Trinajstić information content (AvgIpc) is 3.16. The van der Waals surface area contributed by atoms with Crippen LogP contribution in [-0.4, -0.2) is 33.0 Å². The molecule has 1 saturated heterocycles. The van der Waals surface area contributed by atoms with Gasteiger partial charge in [-0.1, -0.05) is 13.3 Å². The molecule has 2 atom stereocenters. The van der Waals surface area contributed by atoms with Crippen molar-refractivity contribution in [2.45, 2.75) is 51.0 Å². The highest BCUT2D eigenvalue weighted by Gasteiger charge is 2.35. The average molecular weight is 281 g/mol. The van der Waals surface area contributed by atoms with E-state index in [1.165, 1.54) is 24.4 Å². The number of carbonyl (C=O) groups is 1. The summed E-state index contributed by atoms with van der Waals surface area (Å²) in [5, 5.41) is 10.2. The van der Waals surface area contributed by atoms with Gasteiger partial charge in [0.2, 0.25) is 5.13 Å². The SMILES string of the molecule is CCC1CCN(c2nc(C3CC3)ns2)C(C(=O)O)C1. The Balaban J connectivity index is 1.78. The quantitative estimate of drug-likeness (QED) is 0.918. The molecular weight excluding hydrogens is 262 g/mol. The second-order valence-electron chi connectivity index (χ2n) is 5.56. The summed E-state index contributed by atoms with van der Waals surface area (Å²) in [6.45, 7) is 2.92. The van der Waals surface area contributed by atoms with E-state index in [4.69, 9.17) is 0 Å². The van der Waals surface area contributed by atoms with Crippen molar-refractivity contribution in [1.29, 1.82) is 0 Å². The highest BCUT2D eigenvalue weighted by atomic mass is 32.1.